The van der Waals surface area contributed by atoms with Gasteiger partial charge in [0.25, 0.3) is 0 Å². The van der Waals surface area contributed by atoms with Crippen LogP contribution in [0.3, 0.4) is 0 Å². The molecule has 5 heteroatoms. The summed E-state index contributed by atoms with van der Waals surface area (Å²) in [7, 11) is 1.96. The average molecular weight is 216 g/mol. The van der Waals surface area contributed by atoms with Gasteiger partial charge in [-0.3, -0.25) is 10.4 Å². The van der Waals surface area contributed by atoms with Crippen molar-refractivity contribution in [2.24, 2.45) is 10.8 Å². The number of hydrazine groups is 1. The van der Waals surface area contributed by atoms with E-state index in [0.717, 1.165) is 32.1 Å². The Morgan fingerprint density at radius 3 is 2.67 bits per heavy atom. The molecule has 0 aromatic carbocycles. The number of rotatable bonds is 6. The van der Waals surface area contributed by atoms with E-state index in [2.05, 4.69) is 24.3 Å². The molecule has 0 aliphatic carbocycles. The van der Waals surface area contributed by atoms with E-state index in [1.54, 1.807) is 0 Å². The van der Waals surface area contributed by atoms with Gasteiger partial charge in [-0.25, -0.2) is 5.84 Å². The van der Waals surface area contributed by atoms with Crippen LogP contribution >= 0.6 is 0 Å². The summed E-state index contributed by atoms with van der Waals surface area (Å²) in [5, 5.41) is 0. The van der Waals surface area contributed by atoms with Crippen LogP contribution in [0.15, 0.2) is 4.99 Å². The molecule has 0 saturated heterocycles. The van der Waals surface area contributed by atoms with Crippen molar-refractivity contribution in [3.8, 4) is 0 Å². The number of guanidine groups is 1. The zero-order valence-corrected chi connectivity index (χ0v) is 10.3. The average Bonchev–Trinajstić information content (AvgIpc) is 2.22. The Morgan fingerprint density at radius 1 is 1.53 bits per heavy atom. The summed E-state index contributed by atoms with van der Waals surface area (Å²) in [5.74, 6) is 6.12. The van der Waals surface area contributed by atoms with Gasteiger partial charge in [0, 0.05) is 32.8 Å². The fourth-order valence-corrected chi connectivity index (χ4v) is 0.999. The summed E-state index contributed by atoms with van der Waals surface area (Å²) in [5.41, 5.74) is 2.61. The summed E-state index contributed by atoms with van der Waals surface area (Å²) >= 11 is 0. The maximum atomic E-state index is 5.40. The van der Waals surface area contributed by atoms with Gasteiger partial charge >= 0.3 is 0 Å². The van der Waals surface area contributed by atoms with Gasteiger partial charge in [-0.1, -0.05) is 0 Å². The third kappa shape index (κ3) is 6.30. The van der Waals surface area contributed by atoms with Crippen LogP contribution in [0.2, 0.25) is 0 Å². The summed E-state index contributed by atoms with van der Waals surface area (Å²) in [6, 6.07) is 0.381. The summed E-state index contributed by atoms with van der Waals surface area (Å²) in [6.45, 7) is 8.42. The molecule has 0 aliphatic rings. The van der Waals surface area contributed by atoms with E-state index in [4.69, 9.17) is 10.6 Å². The van der Waals surface area contributed by atoms with Crippen LogP contribution in [0.4, 0.5) is 0 Å². The van der Waals surface area contributed by atoms with Crippen molar-refractivity contribution in [2.45, 2.75) is 33.2 Å². The maximum Gasteiger partial charge on any atom is 0.208 e. The molecular formula is C10H24N4O. The molecule has 0 heterocycles. The smallest absolute Gasteiger partial charge is 0.208 e. The first-order chi connectivity index (χ1) is 7.13. The first kappa shape index (κ1) is 14.2. The molecule has 0 aromatic heterocycles. The molecule has 5 nitrogen and oxygen atoms in total. The Morgan fingerprint density at radius 2 is 2.20 bits per heavy atom. The first-order valence-electron chi connectivity index (χ1n) is 5.45. The highest BCUT2D eigenvalue weighted by atomic mass is 16.5. The number of nitrogens with zero attached hydrogens (tertiary/aromatic N) is 2. The highest BCUT2D eigenvalue weighted by Crippen LogP contribution is 1.94. The van der Waals surface area contributed by atoms with Gasteiger partial charge in [0.05, 0.1) is 0 Å². The number of hydrogen-bond acceptors (Lipinski definition) is 3. The molecular weight excluding hydrogens is 192 g/mol. The van der Waals surface area contributed by atoms with E-state index in [1.165, 1.54) is 0 Å². The molecule has 0 bridgehead atoms. The molecule has 15 heavy (non-hydrogen) atoms. The summed E-state index contributed by atoms with van der Waals surface area (Å²) < 4.78 is 5.22. The summed E-state index contributed by atoms with van der Waals surface area (Å²) in [4.78, 5) is 6.36. The Bertz CT molecular complexity index is 182. The zero-order chi connectivity index (χ0) is 11.7. The minimum atomic E-state index is 0.381. The lowest BCUT2D eigenvalue weighted by Gasteiger charge is -2.24. The largest absolute Gasteiger partial charge is 0.382 e. The lowest BCUT2D eigenvalue weighted by molar-refractivity contribution is 0.146. The van der Waals surface area contributed by atoms with Gasteiger partial charge in [-0.05, 0) is 27.2 Å². The molecule has 90 valence electrons. The molecule has 0 fully saturated rings. The Kier molecular flexibility index (Phi) is 8.04. The minimum Gasteiger partial charge on any atom is -0.382 e. The highest BCUT2D eigenvalue weighted by Gasteiger charge is 2.07. The van der Waals surface area contributed by atoms with Crippen LogP contribution in [-0.2, 0) is 4.74 Å². The monoisotopic (exact) mass is 216 g/mol. The van der Waals surface area contributed by atoms with Gasteiger partial charge in [-0.15, -0.1) is 0 Å². The molecule has 0 aliphatic heterocycles. The number of hydrogen-bond donors (Lipinski definition) is 2. The van der Waals surface area contributed by atoms with Crippen molar-refractivity contribution in [3.63, 3.8) is 0 Å². The Hall–Kier alpha value is -0.810. The topological polar surface area (TPSA) is 62.9 Å². The van der Waals surface area contributed by atoms with E-state index in [1.807, 2.05) is 18.9 Å². The van der Waals surface area contributed by atoms with Crippen LogP contribution in [0.5, 0.6) is 0 Å². The van der Waals surface area contributed by atoms with Gasteiger partial charge in [0.1, 0.15) is 0 Å². The normalized spacial score (nSPS) is 12.0. The molecule has 0 radical (unpaired) electrons. The van der Waals surface area contributed by atoms with E-state index in [9.17, 15) is 0 Å². The highest BCUT2D eigenvalue weighted by molar-refractivity contribution is 5.79. The second kappa shape index (κ2) is 8.49. The van der Waals surface area contributed by atoms with Gasteiger partial charge in [0.2, 0.25) is 5.96 Å². The maximum absolute atomic E-state index is 5.40. The SMILES string of the molecule is CCOCCCN=C(NN)N(C)C(C)C. The number of nitrogens with one attached hydrogen (secondary N) is 1. The zero-order valence-electron chi connectivity index (χ0n) is 10.3. The van der Waals surface area contributed by atoms with Crippen LogP contribution < -0.4 is 11.3 Å². The predicted molar refractivity (Wildman–Crippen MR) is 63.6 cm³/mol. The molecule has 0 amide bonds. The quantitative estimate of drug-likeness (QED) is 0.224. The lowest BCUT2D eigenvalue weighted by atomic mass is 10.3. The summed E-state index contributed by atoms with van der Waals surface area (Å²) in [6.07, 6.45) is 0.922. The Labute approximate surface area is 92.7 Å². The number of nitrogens with two attached hydrogens (primary N) is 1. The number of ether oxygens (including phenoxy) is 1. The Balaban J connectivity index is 3.89. The van der Waals surface area contributed by atoms with E-state index < -0.39 is 0 Å². The fourth-order valence-electron chi connectivity index (χ4n) is 0.999. The molecule has 0 unspecified atom stereocenters. The number of aliphatic imine (C=N–C) groups is 1. The van der Waals surface area contributed by atoms with Gasteiger partial charge < -0.3 is 9.64 Å². The second-order valence-corrected chi connectivity index (χ2v) is 3.60. The van der Waals surface area contributed by atoms with Crippen LogP contribution in [0, 0.1) is 0 Å². The fraction of sp³-hybridized carbons (Fsp3) is 0.900. The molecule has 0 rings (SSSR count). The molecule has 0 spiro atoms. The van der Waals surface area contributed by atoms with Gasteiger partial charge in [-0.2, -0.15) is 0 Å². The van der Waals surface area contributed by atoms with Crippen LogP contribution in [0.1, 0.15) is 27.2 Å². The van der Waals surface area contributed by atoms with Crippen molar-refractivity contribution < 1.29 is 4.74 Å². The molecule has 0 aromatic rings. The van der Waals surface area contributed by atoms with Crippen LogP contribution in [0.25, 0.3) is 0 Å². The standard InChI is InChI=1S/C10H24N4O/c1-5-15-8-6-7-12-10(13-11)14(4)9(2)3/h9H,5-8,11H2,1-4H3,(H,12,13). The molecule has 3 N–H and O–H groups in total. The van der Waals surface area contributed by atoms with Crippen LogP contribution in [-0.4, -0.2) is 43.7 Å². The van der Waals surface area contributed by atoms with E-state index in [0.29, 0.717) is 6.04 Å². The van der Waals surface area contributed by atoms with Crippen molar-refractivity contribution >= 4 is 5.96 Å². The van der Waals surface area contributed by atoms with Crippen molar-refractivity contribution in [1.29, 1.82) is 0 Å². The van der Waals surface area contributed by atoms with Crippen molar-refractivity contribution in [3.05, 3.63) is 0 Å². The van der Waals surface area contributed by atoms with Crippen molar-refractivity contribution in [2.75, 3.05) is 26.8 Å². The second-order valence-electron chi connectivity index (χ2n) is 3.60. The van der Waals surface area contributed by atoms with E-state index >= 15 is 0 Å². The van der Waals surface area contributed by atoms with E-state index in [-0.39, 0.29) is 0 Å². The third-order valence-electron chi connectivity index (χ3n) is 2.15. The first-order valence-corrected chi connectivity index (χ1v) is 5.45. The van der Waals surface area contributed by atoms with Gasteiger partial charge in [0.15, 0.2) is 0 Å². The van der Waals surface area contributed by atoms with Crippen molar-refractivity contribution in [1.82, 2.24) is 10.3 Å². The molecule has 0 saturated carbocycles. The lowest BCUT2D eigenvalue weighted by Crippen LogP contribution is -2.45. The minimum absolute atomic E-state index is 0.381. The predicted octanol–water partition coefficient (Wildman–Crippen LogP) is 0.573. The molecule has 0 atom stereocenters. The third-order valence-corrected chi connectivity index (χ3v) is 2.15.